The Bertz CT molecular complexity index is 717. The Morgan fingerprint density at radius 2 is 2.09 bits per heavy atom. The molecule has 4 nitrogen and oxygen atoms in total. The first-order valence-electron chi connectivity index (χ1n) is 7.26. The maximum Gasteiger partial charge on any atom is 0.246 e. The predicted molar refractivity (Wildman–Crippen MR) is 86.4 cm³/mol. The lowest BCUT2D eigenvalue weighted by Gasteiger charge is -2.26. The summed E-state index contributed by atoms with van der Waals surface area (Å²) in [4.78, 5) is 14.4. The maximum atomic E-state index is 13.7. The van der Waals surface area contributed by atoms with E-state index in [4.69, 9.17) is 5.73 Å². The number of carbonyl (C=O) groups is 1. The van der Waals surface area contributed by atoms with Crippen LogP contribution in [0.3, 0.4) is 0 Å². The van der Waals surface area contributed by atoms with E-state index < -0.39 is 5.82 Å². The number of benzene rings is 2. The number of fused-ring (bicyclic) bond motifs is 1. The Morgan fingerprint density at radius 3 is 2.91 bits per heavy atom. The Labute approximate surface area is 128 Å². The SMILES string of the molecule is CC(C(=O)Nc1cc(N)ccc1F)N1CCc2ccccc21. The first-order valence-corrected chi connectivity index (χ1v) is 7.26. The minimum atomic E-state index is -0.489. The van der Waals surface area contributed by atoms with Gasteiger partial charge in [0.15, 0.2) is 0 Å². The zero-order valence-corrected chi connectivity index (χ0v) is 12.3. The minimum Gasteiger partial charge on any atom is -0.399 e. The van der Waals surface area contributed by atoms with Gasteiger partial charge in [-0.1, -0.05) is 18.2 Å². The van der Waals surface area contributed by atoms with Crippen molar-refractivity contribution in [3.8, 4) is 0 Å². The van der Waals surface area contributed by atoms with Gasteiger partial charge in [-0.25, -0.2) is 4.39 Å². The van der Waals surface area contributed by atoms with Crippen molar-refractivity contribution in [2.45, 2.75) is 19.4 Å². The quantitative estimate of drug-likeness (QED) is 0.857. The number of anilines is 3. The number of halogens is 1. The summed E-state index contributed by atoms with van der Waals surface area (Å²) in [5, 5.41) is 2.62. The van der Waals surface area contributed by atoms with E-state index in [9.17, 15) is 9.18 Å². The fourth-order valence-electron chi connectivity index (χ4n) is 2.78. The normalized spacial score (nSPS) is 14.5. The Balaban J connectivity index is 1.77. The van der Waals surface area contributed by atoms with Crippen LogP contribution in [0.15, 0.2) is 42.5 Å². The predicted octanol–water partition coefficient (Wildman–Crippen LogP) is 2.80. The van der Waals surface area contributed by atoms with E-state index in [0.29, 0.717) is 5.69 Å². The Morgan fingerprint density at radius 1 is 1.32 bits per heavy atom. The zero-order chi connectivity index (χ0) is 15.7. The highest BCUT2D eigenvalue weighted by molar-refractivity contribution is 5.97. The van der Waals surface area contributed by atoms with Gasteiger partial charge in [-0.05, 0) is 43.2 Å². The smallest absolute Gasteiger partial charge is 0.246 e. The van der Waals surface area contributed by atoms with Gasteiger partial charge in [-0.15, -0.1) is 0 Å². The van der Waals surface area contributed by atoms with Gasteiger partial charge in [0.25, 0.3) is 0 Å². The summed E-state index contributed by atoms with van der Waals surface area (Å²) in [5.41, 5.74) is 8.47. The molecule has 1 aliphatic rings. The van der Waals surface area contributed by atoms with Crippen LogP contribution in [-0.2, 0) is 11.2 Å². The van der Waals surface area contributed by atoms with Crippen LogP contribution in [0.25, 0.3) is 0 Å². The number of nitrogens with zero attached hydrogens (tertiary/aromatic N) is 1. The summed E-state index contributed by atoms with van der Waals surface area (Å²) in [6.07, 6.45) is 0.917. The summed E-state index contributed by atoms with van der Waals surface area (Å²) in [6.45, 7) is 2.61. The number of para-hydroxylation sites is 1. The van der Waals surface area contributed by atoms with Crippen molar-refractivity contribution in [3.05, 3.63) is 53.8 Å². The zero-order valence-electron chi connectivity index (χ0n) is 12.3. The van der Waals surface area contributed by atoms with E-state index in [1.807, 2.05) is 30.0 Å². The average Bonchev–Trinajstić information content (AvgIpc) is 2.94. The third-order valence-electron chi connectivity index (χ3n) is 4.02. The van der Waals surface area contributed by atoms with Crippen molar-refractivity contribution in [2.75, 3.05) is 22.5 Å². The van der Waals surface area contributed by atoms with Gasteiger partial charge < -0.3 is 16.0 Å². The molecule has 1 amide bonds. The lowest BCUT2D eigenvalue weighted by molar-refractivity contribution is -0.117. The molecule has 0 aliphatic carbocycles. The second-order valence-corrected chi connectivity index (χ2v) is 5.48. The van der Waals surface area contributed by atoms with Crippen LogP contribution in [-0.4, -0.2) is 18.5 Å². The minimum absolute atomic E-state index is 0.115. The first kappa shape index (κ1) is 14.4. The third kappa shape index (κ3) is 2.62. The molecule has 3 rings (SSSR count). The molecule has 2 aromatic carbocycles. The number of nitrogens with two attached hydrogens (primary N) is 1. The molecule has 2 aromatic rings. The number of nitrogens with one attached hydrogen (secondary N) is 1. The van der Waals surface area contributed by atoms with E-state index in [2.05, 4.69) is 11.4 Å². The van der Waals surface area contributed by atoms with Crippen LogP contribution >= 0.6 is 0 Å². The van der Waals surface area contributed by atoms with Gasteiger partial charge in [0.05, 0.1) is 5.69 Å². The topological polar surface area (TPSA) is 58.4 Å². The second-order valence-electron chi connectivity index (χ2n) is 5.48. The fraction of sp³-hybridized carbons (Fsp3) is 0.235. The maximum absolute atomic E-state index is 13.7. The summed E-state index contributed by atoms with van der Waals surface area (Å²) in [5.74, 6) is -0.738. The standard InChI is InChI=1S/C17H18FN3O/c1-11(21-9-8-12-4-2-3-5-16(12)21)17(22)20-15-10-13(19)6-7-14(15)18/h2-7,10-11H,8-9,19H2,1H3,(H,20,22). The van der Waals surface area contributed by atoms with Gasteiger partial charge in [-0.3, -0.25) is 4.79 Å². The number of hydrogen-bond acceptors (Lipinski definition) is 3. The molecule has 3 N–H and O–H groups in total. The summed E-state index contributed by atoms with van der Waals surface area (Å²) in [6, 6.07) is 11.8. The molecule has 0 saturated carbocycles. The molecule has 22 heavy (non-hydrogen) atoms. The molecule has 0 bridgehead atoms. The molecular formula is C17H18FN3O. The molecule has 1 heterocycles. The van der Waals surface area contributed by atoms with Gasteiger partial charge in [0, 0.05) is 17.9 Å². The Hall–Kier alpha value is -2.56. The highest BCUT2D eigenvalue weighted by Crippen LogP contribution is 2.29. The molecule has 5 heteroatoms. The second kappa shape index (κ2) is 5.67. The van der Waals surface area contributed by atoms with Crippen molar-refractivity contribution in [2.24, 2.45) is 0 Å². The molecule has 1 unspecified atom stereocenters. The fourth-order valence-corrected chi connectivity index (χ4v) is 2.78. The lowest BCUT2D eigenvalue weighted by atomic mass is 10.1. The summed E-state index contributed by atoms with van der Waals surface area (Å²) < 4.78 is 13.7. The van der Waals surface area contributed by atoms with Crippen LogP contribution in [0, 0.1) is 5.82 Å². The van der Waals surface area contributed by atoms with Gasteiger partial charge in [0.2, 0.25) is 5.91 Å². The van der Waals surface area contributed by atoms with Crippen LogP contribution in [0.4, 0.5) is 21.5 Å². The van der Waals surface area contributed by atoms with E-state index >= 15 is 0 Å². The summed E-state index contributed by atoms with van der Waals surface area (Å²) >= 11 is 0. The van der Waals surface area contributed by atoms with Gasteiger partial charge in [0.1, 0.15) is 11.9 Å². The van der Waals surface area contributed by atoms with Crippen molar-refractivity contribution in [1.29, 1.82) is 0 Å². The van der Waals surface area contributed by atoms with Crippen molar-refractivity contribution >= 4 is 23.0 Å². The number of rotatable bonds is 3. The van der Waals surface area contributed by atoms with Crippen LogP contribution in [0.5, 0.6) is 0 Å². The van der Waals surface area contributed by atoms with Crippen LogP contribution in [0.2, 0.25) is 0 Å². The van der Waals surface area contributed by atoms with E-state index in [0.717, 1.165) is 18.7 Å². The van der Waals surface area contributed by atoms with Gasteiger partial charge >= 0.3 is 0 Å². The van der Waals surface area contributed by atoms with E-state index in [1.165, 1.54) is 23.8 Å². The van der Waals surface area contributed by atoms with Crippen molar-refractivity contribution in [3.63, 3.8) is 0 Å². The molecule has 0 fully saturated rings. The number of amides is 1. The number of carbonyl (C=O) groups excluding carboxylic acids is 1. The van der Waals surface area contributed by atoms with Crippen LogP contribution < -0.4 is 16.0 Å². The first-order chi connectivity index (χ1) is 10.6. The highest BCUT2D eigenvalue weighted by atomic mass is 19.1. The average molecular weight is 299 g/mol. The summed E-state index contributed by atoms with van der Waals surface area (Å²) in [7, 11) is 0. The number of hydrogen-bond donors (Lipinski definition) is 2. The molecule has 0 saturated heterocycles. The highest BCUT2D eigenvalue weighted by Gasteiger charge is 2.27. The largest absolute Gasteiger partial charge is 0.399 e. The molecule has 1 aliphatic heterocycles. The van der Waals surface area contributed by atoms with Crippen molar-refractivity contribution < 1.29 is 9.18 Å². The van der Waals surface area contributed by atoms with Gasteiger partial charge in [-0.2, -0.15) is 0 Å². The molecule has 1 atom stereocenters. The third-order valence-corrected chi connectivity index (χ3v) is 4.02. The molecular weight excluding hydrogens is 281 g/mol. The number of nitrogen functional groups attached to an aromatic ring is 1. The van der Waals surface area contributed by atoms with Crippen LogP contribution in [0.1, 0.15) is 12.5 Å². The molecule has 114 valence electrons. The van der Waals surface area contributed by atoms with E-state index in [-0.39, 0.29) is 17.6 Å². The molecule has 0 aromatic heterocycles. The molecule has 0 spiro atoms. The monoisotopic (exact) mass is 299 g/mol. The van der Waals surface area contributed by atoms with E-state index in [1.54, 1.807) is 0 Å². The van der Waals surface area contributed by atoms with Crippen molar-refractivity contribution in [1.82, 2.24) is 0 Å². The molecule has 0 radical (unpaired) electrons. The Kier molecular flexibility index (Phi) is 3.71. The lowest BCUT2D eigenvalue weighted by Crippen LogP contribution is -2.41.